The molecular weight excluding hydrogens is 216 g/mol. The summed E-state index contributed by atoms with van der Waals surface area (Å²) in [6, 6.07) is 7.59. The van der Waals surface area contributed by atoms with E-state index in [0.29, 0.717) is 5.75 Å². The van der Waals surface area contributed by atoms with Crippen molar-refractivity contribution in [1.29, 1.82) is 0 Å². The van der Waals surface area contributed by atoms with Crippen LogP contribution in [0.2, 0.25) is 0 Å². The van der Waals surface area contributed by atoms with Crippen LogP contribution in [0.3, 0.4) is 0 Å². The molecule has 2 heteroatoms. The summed E-state index contributed by atoms with van der Waals surface area (Å²) in [5.74, 6) is 2.08. The lowest BCUT2D eigenvalue weighted by Gasteiger charge is -2.31. The number of aromatic hydroxyl groups is 1. The van der Waals surface area contributed by atoms with Gasteiger partial charge in [-0.15, -0.1) is 11.8 Å². The summed E-state index contributed by atoms with van der Waals surface area (Å²) in [6.07, 6.45) is 4.04. The fourth-order valence-electron chi connectivity index (χ4n) is 2.69. The second kappa shape index (κ2) is 5.13. The zero-order chi connectivity index (χ0) is 11.5. The highest BCUT2D eigenvalue weighted by molar-refractivity contribution is 8.00. The van der Waals surface area contributed by atoms with Crippen molar-refractivity contribution >= 4 is 11.8 Å². The molecule has 0 amide bonds. The summed E-state index contributed by atoms with van der Waals surface area (Å²) in [5.41, 5.74) is 0. The molecule has 2 rings (SSSR count). The Labute approximate surface area is 102 Å². The van der Waals surface area contributed by atoms with E-state index in [2.05, 4.69) is 13.8 Å². The van der Waals surface area contributed by atoms with Gasteiger partial charge in [0.1, 0.15) is 5.75 Å². The number of phenols is 1. The van der Waals surface area contributed by atoms with E-state index in [9.17, 15) is 5.11 Å². The summed E-state index contributed by atoms with van der Waals surface area (Å²) in [4.78, 5) is 1.28. The van der Waals surface area contributed by atoms with Crippen molar-refractivity contribution in [2.45, 2.75) is 43.3 Å². The van der Waals surface area contributed by atoms with Crippen LogP contribution in [0.1, 0.15) is 33.1 Å². The maximum Gasteiger partial charge on any atom is 0.115 e. The fraction of sp³-hybridized carbons (Fsp3) is 0.571. The first kappa shape index (κ1) is 11.8. The molecule has 16 heavy (non-hydrogen) atoms. The lowest BCUT2D eigenvalue weighted by atomic mass is 9.83. The number of thioether (sulfide) groups is 1. The van der Waals surface area contributed by atoms with Crippen molar-refractivity contribution in [3.63, 3.8) is 0 Å². The third-order valence-electron chi connectivity index (χ3n) is 3.27. The molecule has 1 saturated carbocycles. The lowest BCUT2D eigenvalue weighted by molar-refractivity contribution is 0.309. The molecule has 1 aromatic rings. The summed E-state index contributed by atoms with van der Waals surface area (Å²) < 4.78 is 0. The van der Waals surface area contributed by atoms with Crippen molar-refractivity contribution in [1.82, 2.24) is 0 Å². The minimum Gasteiger partial charge on any atom is -0.508 e. The zero-order valence-electron chi connectivity index (χ0n) is 10.0. The largest absolute Gasteiger partial charge is 0.508 e. The minimum absolute atomic E-state index is 0.356. The van der Waals surface area contributed by atoms with Gasteiger partial charge in [0, 0.05) is 10.1 Å². The molecule has 0 spiro atoms. The quantitative estimate of drug-likeness (QED) is 0.825. The molecule has 0 bridgehead atoms. The monoisotopic (exact) mass is 236 g/mol. The Morgan fingerprint density at radius 1 is 1.00 bits per heavy atom. The standard InChI is InChI=1S/C14H20OS/c1-10-7-11(2)9-14(8-10)16-13-5-3-12(15)4-6-13/h3-6,10-11,14-15H,7-9H2,1-2H3. The van der Waals surface area contributed by atoms with E-state index < -0.39 is 0 Å². The average Bonchev–Trinajstić information content (AvgIpc) is 2.20. The van der Waals surface area contributed by atoms with E-state index in [4.69, 9.17) is 0 Å². The summed E-state index contributed by atoms with van der Waals surface area (Å²) >= 11 is 1.97. The van der Waals surface area contributed by atoms with Crippen molar-refractivity contribution in [3.8, 4) is 5.75 Å². The molecule has 1 aliphatic carbocycles. The second-order valence-electron chi connectivity index (χ2n) is 5.15. The third-order valence-corrected chi connectivity index (χ3v) is 4.54. The van der Waals surface area contributed by atoms with Gasteiger partial charge < -0.3 is 5.11 Å². The Morgan fingerprint density at radius 2 is 1.56 bits per heavy atom. The molecule has 0 aliphatic heterocycles. The highest BCUT2D eigenvalue weighted by Crippen LogP contribution is 2.38. The summed E-state index contributed by atoms with van der Waals surface area (Å²) in [6.45, 7) is 4.72. The van der Waals surface area contributed by atoms with Gasteiger partial charge in [0.25, 0.3) is 0 Å². The van der Waals surface area contributed by atoms with Crippen LogP contribution < -0.4 is 0 Å². The van der Waals surface area contributed by atoms with Crippen LogP contribution >= 0.6 is 11.8 Å². The van der Waals surface area contributed by atoms with Crippen LogP contribution in [0.5, 0.6) is 5.75 Å². The van der Waals surface area contributed by atoms with Gasteiger partial charge >= 0.3 is 0 Å². The van der Waals surface area contributed by atoms with Gasteiger partial charge in [-0.05, 0) is 55.4 Å². The van der Waals surface area contributed by atoms with Gasteiger partial charge in [0.2, 0.25) is 0 Å². The van der Waals surface area contributed by atoms with Crippen LogP contribution in [0, 0.1) is 11.8 Å². The highest BCUT2D eigenvalue weighted by Gasteiger charge is 2.24. The van der Waals surface area contributed by atoms with Gasteiger partial charge in [-0.1, -0.05) is 13.8 Å². The van der Waals surface area contributed by atoms with Crippen LogP contribution in [0.15, 0.2) is 29.2 Å². The molecule has 0 heterocycles. The van der Waals surface area contributed by atoms with E-state index in [0.717, 1.165) is 17.1 Å². The minimum atomic E-state index is 0.356. The predicted octanol–water partition coefficient (Wildman–Crippen LogP) is 4.31. The van der Waals surface area contributed by atoms with Crippen LogP contribution in [-0.4, -0.2) is 10.4 Å². The number of hydrogen-bond acceptors (Lipinski definition) is 2. The first-order chi connectivity index (χ1) is 7.63. The topological polar surface area (TPSA) is 20.2 Å². The first-order valence-corrected chi connectivity index (χ1v) is 6.97. The smallest absolute Gasteiger partial charge is 0.115 e. The van der Waals surface area contributed by atoms with Crippen molar-refractivity contribution in [2.75, 3.05) is 0 Å². The van der Waals surface area contributed by atoms with Gasteiger partial charge in [-0.3, -0.25) is 0 Å². The van der Waals surface area contributed by atoms with Crippen molar-refractivity contribution < 1.29 is 5.11 Å². The maximum absolute atomic E-state index is 9.24. The van der Waals surface area contributed by atoms with Crippen LogP contribution in [0.25, 0.3) is 0 Å². The molecule has 1 aliphatic rings. The Kier molecular flexibility index (Phi) is 3.80. The summed E-state index contributed by atoms with van der Waals surface area (Å²) in [5, 5.41) is 9.99. The number of phenolic OH excluding ortho intramolecular Hbond substituents is 1. The van der Waals surface area contributed by atoms with Gasteiger partial charge in [0.05, 0.1) is 0 Å². The SMILES string of the molecule is CC1CC(C)CC(Sc2ccc(O)cc2)C1. The predicted molar refractivity (Wildman–Crippen MR) is 69.9 cm³/mol. The molecule has 88 valence electrons. The van der Waals surface area contributed by atoms with E-state index in [-0.39, 0.29) is 0 Å². The Hall–Kier alpha value is -0.630. The van der Waals surface area contributed by atoms with Gasteiger partial charge in [-0.2, -0.15) is 0 Å². The van der Waals surface area contributed by atoms with Gasteiger partial charge in [0.15, 0.2) is 0 Å². The van der Waals surface area contributed by atoms with Crippen molar-refractivity contribution in [2.24, 2.45) is 11.8 Å². The molecular formula is C14H20OS. The normalized spacial score (nSPS) is 30.2. The Bertz CT molecular complexity index is 323. The molecule has 1 N–H and O–H groups in total. The second-order valence-corrected chi connectivity index (χ2v) is 6.52. The molecule has 1 nitrogen and oxygen atoms in total. The number of hydrogen-bond donors (Lipinski definition) is 1. The number of rotatable bonds is 2. The molecule has 2 unspecified atom stereocenters. The maximum atomic E-state index is 9.24. The molecule has 1 fully saturated rings. The fourth-order valence-corrected chi connectivity index (χ4v) is 4.21. The molecule has 0 saturated heterocycles. The lowest BCUT2D eigenvalue weighted by Crippen LogP contribution is -2.21. The molecule has 0 radical (unpaired) electrons. The van der Waals surface area contributed by atoms with E-state index >= 15 is 0 Å². The Balaban J connectivity index is 1.96. The highest BCUT2D eigenvalue weighted by atomic mass is 32.2. The molecule has 2 atom stereocenters. The zero-order valence-corrected chi connectivity index (χ0v) is 10.8. The van der Waals surface area contributed by atoms with E-state index in [1.807, 2.05) is 23.9 Å². The molecule has 1 aromatic carbocycles. The molecule has 0 aromatic heterocycles. The summed E-state index contributed by atoms with van der Waals surface area (Å²) in [7, 11) is 0. The average molecular weight is 236 g/mol. The van der Waals surface area contributed by atoms with E-state index in [1.165, 1.54) is 24.2 Å². The third kappa shape index (κ3) is 3.18. The number of benzene rings is 1. The Morgan fingerprint density at radius 3 is 2.12 bits per heavy atom. The van der Waals surface area contributed by atoms with Gasteiger partial charge in [-0.25, -0.2) is 0 Å². The van der Waals surface area contributed by atoms with Crippen LogP contribution in [0.4, 0.5) is 0 Å². The van der Waals surface area contributed by atoms with E-state index in [1.54, 1.807) is 12.1 Å². The first-order valence-electron chi connectivity index (χ1n) is 6.09. The van der Waals surface area contributed by atoms with Crippen molar-refractivity contribution in [3.05, 3.63) is 24.3 Å². The van der Waals surface area contributed by atoms with Crippen LogP contribution in [-0.2, 0) is 0 Å².